The lowest BCUT2D eigenvalue weighted by molar-refractivity contribution is -0.128. The molecule has 0 bridgehead atoms. The number of aliphatic imine (C=N–C) groups is 1. The lowest BCUT2D eigenvalue weighted by Crippen LogP contribution is -2.43. The summed E-state index contributed by atoms with van der Waals surface area (Å²) in [5.41, 5.74) is 2.05. The maximum atomic E-state index is 12.6. The van der Waals surface area contributed by atoms with E-state index in [1.807, 2.05) is 6.07 Å². The van der Waals surface area contributed by atoms with E-state index in [1.165, 1.54) is 0 Å². The van der Waals surface area contributed by atoms with Crippen molar-refractivity contribution in [1.82, 2.24) is 5.01 Å². The van der Waals surface area contributed by atoms with E-state index >= 15 is 0 Å². The summed E-state index contributed by atoms with van der Waals surface area (Å²) in [5, 5.41) is 7.97. The van der Waals surface area contributed by atoms with Crippen LogP contribution < -0.4 is 5.32 Å². The Morgan fingerprint density at radius 3 is 2.91 bits per heavy atom. The molecule has 2 heterocycles. The van der Waals surface area contributed by atoms with Crippen molar-refractivity contribution in [2.24, 2.45) is 16.0 Å². The summed E-state index contributed by atoms with van der Waals surface area (Å²) in [6.07, 6.45) is 7.06. The molecule has 2 aliphatic heterocycles. The van der Waals surface area contributed by atoms with Crippen LogP contribution in [0.15, 0.2) is 58.7 Å². The minimum absolute atomic E-state index is 0.0332. The van der Waals surface area contributed by atoms with E-state index in [9.17, 15) is 9.59 Å². The number of nitrogens with one attached hydrogen (secondary N) is 1. The molecule has 1 atom stereocenters. The first-order chi connectivity index (χ1) is 11.1. The number of thiocarbonyl (C=S) groups is 1. The van der Waals surface area contributed by atoms with Crippen LogP contribution in [0.4, 0.5) is 5.69 Å². The van der Waals surface area contributed by atoms with Gasteiger partial charge in [-0.15, -0.1) is 0 Å². The smallest absolute Gasteiger partial charge is 0.276 e. The second-order valence-electron chi connectivity index (χ2n) is 5.14. The van der Waals surface area contributed by atoms with Crippen molar-refractivity contribution in [3.05, 3.63) is 54.1 Å². The summed E-state index contributed by atoms with van der Waals surface area (Å²) in [5.74, 6) is -1.20. The molecule has 0 saturated carbocycles. The molecule has 0 saturated heterocycles. The summed E-state index contributed by atoms with van der Waals surface area (Å²) < 4.78 is 0. The number of fused-ring (bicyclic) bond motifs is 2. The van der Waals surface area contributed by atoms with E-state index in [1.54, 1.807) is 42.5 Å². The van der Waals surface area contributed by atoms with Gasteiger partial charge < -0.3 is 5.32 Å². The van der Waals surface area contributed by atoms with Crippen LogP contribution in [0.25, 0.3) is 0 Å². The Morgan fingerprint density at radius 2 is 2.04 bits per heavy atom. The molecule has 0 aromatic heterocycles. The number of para-hydroxylation sites is 1. The van der Waals surface area contributed by atoms with Crippen molar-refractivity contribution in [2.45, 2.75) is 0 Å². The molecule has 23 heavy (non-hydrogen) atoms. The second kappa shape index (κ2) is 5.06. The monoisotopic (exact) mass is 322 g/mol. The fourth-order valence-electron chi connectivity index (χ4n) is 2.62. The average molecular weight is 322 g/mol. The van der Waals surface area contributed by atoms with E-state index in [-0.39, 0.29) is 22.6 Å². The van der Waals surface area contributed by atoms with Crippen molar-refractivity contribution < 1.29 is 9.59 Å². The van der Waals surface area contributed by atoms with Gasteiger partial charge in [-0.05, 0) is 24.4 Å². The van der Waals surface area contributed by atoms with Crippen LogP contribution in [0.1, 0.15) is 5.56 Å². The molecule has 1 aliphatic carbocycles. The van der Waals surface area contributed by atoms with Gasteiger partial charge in [0.05, 0.1) is 11.4 Å². The standard InChI is InChI=1S/C16H10N4O2S/c21-14-13(9-5-1-3-7-11(9)17-14)19-20-15(22)10-6-2-4-8-12(10)18-16(20)23/h1-8,10H,(H,17,19,21). The molecule has 7 heteroatoms. The highest BCUT2D eigenvalue weighted by atomic mass is 32.1. The third-order valence-electron chi connectivity index (χ3n) is 3.73. The van der Waals surface area contributed by atoms with Crippen molar-refractivity contribution in [3.63, 3.8) is 0 Å². The topological polar surface area (TPSA) is 74.1 Å². The zero-order valence-electron chi connectivity index (χ0n) is 11.8. The van der Waals surface area contributed by atoms with Gasteiger partial charge in [0.25, 0.3) is 11.8 Å². The number of hydrogen-bond donors (Lipinski definition) is 1. The van der Waals surface area contributed by atoms with E-state index in [0.717, 1.165) is 5.01 Å². The third kappa shape index (κ3) is 2.13. The van der Waals surface area contributed by atoms with Crippen molar-refractivity contribution >= 4 is 46.3 Å². The predicted molar refractivity (Wildman–Crippen MR) is 90.3 cm³/mol. The van der Waals surface area contributed by atoms with E-state index < -0.39 is 5.92 Å². The van der Waals surface area contributed by atoms with Crippen LogP contribution >= 0.6 is 12.2 Å². The van der Waals surface area contributed by atoms with Crippen LogP contribution in [0.2, 0.25) is 0 Å². The number of hydrogen-bond acceptors (Lipinski definition) is 4. The number of amides is 2. The minimum atomic E-state index is -0.518. The average Bonchev–Trinajstić information content (AvgIpc) is 2.87. The van der Waals surface area contributed by atoms with Gasteiger partial charge in [0.2, 0.25) is 5.11 Å². The number of anilines is 1. The van der Waals surface area contributed by atoms with Gasteiger partial charge in [-0.25, -0.2) is 4.99 Å². The third-order valence-corrected chi connectivity index (χ3v) is 3.99. The highest BCUT2D eigenvalue weighted by Crippen LogP contribution is 2.25. The molecule has 112 valence electrons. The van der Waals surface area contributed by atoms with E-state index in [2.05, 4.69) is 15.4 Å². The summed E-state index contributed by atoms with van der Waals surface area (Å²) in [4.78, 5) is 29.0. The maximum Gasteiger partial charge on any atom is 0.276 e. The number of benzene rings is 1. The summed E-state index contributed by atoms with van der Waals surface area (Å²) in [7, 11) is 0. The van der Waals surface area contributed by atoms with Crippen LogP contribution in [-0.2, 0) is 9.59 Å². The number of hydrazone groups is 1. The zero-order chi connectivity index (χ0) is 16.0. The van der Waals surface area contributed by atoms with Gasteiger partial charge in [-0.3, -0.25) is 9.59 Å². The molecule has 4 rings (SSSR count). The highest BCUT2D eigenvalue weighted by Gasteiger charge is 2.36. The SMILES string of the molecule is O=C1Nc2ccccc2/C1=N\N1C(=O)C2C=CC=CC2=NC1=S. The van der Waals surface area contributed by atoms with E-state index in [4.69, 9.17) is 12.2 Å². The number of carbonyl (C=O) groups is 2. The lowest BCUT2D eigenvalue weighted by Gasteiger charge is -2.26. The van der Waals surface area contributed by atoms with Crippen LogP contribution in [-0.4, -0.2) is 33.4 Å². The Kier molecular flexibility index (Phi) is 3.02. The molecule has 1 N–H and O–H groups in total. The molecule has 1 unspecified atom stereocenters. The molecular formula is C16H10N4O2S. The highest BCUT2D eigenvalue weighted by molar-refractivity contribution is 7.80. The summed E-state index contributed by atoms with van der Waals surface area (Å²) in [6, 6.07) is 7.16. The number of allylic oxidation sites excluding steroid dienone is 3. The molecule has 1 aromatic carbocycles. The molecule has 6 nitrogen and oxygen atoms in total. The van der Waals surface area contributed by atoms with Gasteiger partial charge in [0, 0.05) is 5.56 Å². The quantitative estimate of drug-likeness (QED) is 0.799. The summed E-state index contributed by atoms with van der Waals surface area (Å²) >= 11 is 5.17. The van der Waals surface area contributed by atoms with E-state index in [0.29, 0.717) is 17.0 Å². The Bertz CT molecular complexity index is 882. The van der Waals surface area contributed by atoms with Gasteiger partial charge in [-0.2, -0.15) is 10.1 Å². The van der Waals surface area contributed by atoms with Crippen molar-refractivity contribution in [1.29, 1.82) is 0 Å². The van der Waals surface area contributed by atoms with Gasteiger partial charge >= 0.3 is 0 Å². The Hall–Kier alpha value is -2.93. The summed E-state index contributed by atoms with van der Waals surface area (Å²) in [6.45, 7) is 0. The first kappa shape index (κ1) is 13.7. The number of rotatable bonds is 1. The molecule has 1 aromatic rings. The predicted octanol–water partition coefficient (Wildman–Crippen LogP) is 1.65. The van der Waals surface area contributed by atoms with Crippen molar-refractivity contribution in [2.75, 3.05) is 5.32 Å². The molecule has 0 radical (unpaired) electrons. The first-order valence-corrected chi connectivity index (χ1v) is 7.37. The number of nitrogens with zero attached hydrogens (tertiary/aromatic N) is 3. The maximum absolute atomic E-state index is 12.6. The Balaban J connectivity index is 1.77. The first-order valence-electron chi connectivity index (χ1n) is 6.96. The van der Waals surface area contributed by atoms with Crippen molar-refractivity contribution in [3.8, 4) is 0 Å². The molecule has 0 fully saturated rings. The largest absolute Gasteiger partial charge is 0.320 e. The molecular weight excluding hydrogens is 312 g/mol. The lowest BCUT2D eigenvalue weighted by atomic mass is 9.96. The minimum Gasteiger partial charge on any atom is -0.320 e. The fraction of sp³-hybridized carbons (Fsp3) is 0.0625. The van der Waals surface area contributed by atoms with Gasteiger partial charge in [-0.1, -0.05) is 36.4 Å². The molecule has 2 amide bonds. The normalized spacial score (nSPS) is 23.7. The number of carbonyl (C=O) groups excluding carboxylic acids is 2. The Labute approximate surface area is 136 Å². The molecule has 0 spiro atoms. The molecule has 3 aliphatic rings. The van der Waals surface area contributed by atoms with Crippen LogP contribution in [0, 0.1) is 5.92 Å². The van der Waals surface area contributed by atoms with Crippen LogP contribution in [0.5, 0.6) is 0 Å². The Morgan fingerprint density at radius 1 is 1.22 bits per heavy atom. The zero-order valence-corrected chi connectivity index (χ0v) is 12.6. The van der Waals surface area contributed by atoms with Gasteiger partial charge in [0.1, 0.15) is 5.92 Å². The second-order valence-corrected chi connectivity index (χ2v) is 5.50. The van der Waals surface area contributed by atoms with Gasteiger partial charge in [0.15, 0.2) is 5.71 Å². The van der Waals surface area contributed by atoms with Crippen LogP contribution in [0.3, 0.4) is 0 Å². The fourth-order valence-corrected chi connectivity index (χ4v) is 2.86.